The molecule has 5 nitrogen and oxygen atoms in total. The highest BCUT2D eigenvalue weighted by atomic mass is 16.4. The second-order valence-electron chi connectivity index (χ2n) is 3.57. The maximum Gasteiger partial charge on any atom is 0.323 e. The zero-order valence-electron chi connectivity index (χ0n) is 9.43. The molecule has 5 heteroatoms. The lowest BCUT2D eigenvalue weighted by molar-refractivity contribution is -0.137. The van der Waals surface area contributed by atoms with Crippen molar-refractivity contribution in [3.05, 3.63) is 12.7 Å². The van der Waals surface area contributed by atoms with Gasteiger partial charge < -0.3 is 14.9 Å². The smallest absolute Gasteiger partial charge is 0.323 e. The number of aliphatic carboxylic acids is 1. The number of nitrogens with zero attached hydrogens (tertiary/aromatic N) is 2. The molecule has 0 saturated carbocycles. The molecule has 86 valence electrons. The zero-order valence-corrected chi connectivity index (χ0v) is 9.43. The third kappa shape index (κ3) is 4.49. The van der Waals surface area contributed by atoms with Crippen LogP contribution < -0.4 is 0 Å². The predicted molar refractivity (Wildman–Crippen MR) is 57.7 cm³/mol. The molecule has 0 saturated heterocycles. The normalized spacial score (nSPS) is 9.87. The number of carboxylic acid groups (broad SMARTS) is 1. The maximum absolute atomic E-state index is 11.8. The number of hydrogen-bond donors (Lipinski definition) is 1. The lowest BCUT2D eigenvalue weighted by atomic mass is 10.3. The molecule has 0 bridgehead atoms. The van der Waals surface area contributed by atoms with Gasteiger partial charge in [0.1, 0.15) is 6.54 Å². The van der Waals surface area contributed by atoms with Crippen molar-refractivity contribution < 1.29 is 14.7 Å². The van der Waals surface area contributed by atoms with Crippen molar-refractivity contribution >= 4 is 12.0 Å². The van der Waals surface area contributed by atoms with Crippen LogP contribution in [0.2, 0.25) is 0 Å². The predicted octanol–water partition coefficient (Wildman–Crippen LogP) is 1.02. The van der Waals surface area contributed by atoms with E-state index in [4.69, 9.17) is 5.11 Å². The van der Waals surface area contributed by atoms with Crippen molar-refractivity contribution in [2.75, 3.05) is 20.1 Å². The van der Waals surface area contributed by atoms with Gasteiger partial charge in [-0.15, -0.1) is 6.58 Å². The highest BCUT2D eigenvalue weighted by Gasteiger charge is 2.20. The fourth-order valence-corrected chi connectivity index (χ4v) is 1.14. The summed E-state index contributed by atoms with van der Waals surface area (Å²) < 4.78 is 0. The molecule has 2 amide bonds. The molecule has 0 spiro atoms. The molecule has 0 aromatic rings. The summed E-state index contributed by atoms with van der Waals surface area (Å²) in [5.74, 6) is -1.02. The molecule has 1 N–H and O–H groups in total. The number of rotatable bonds is 5. The van der Waals surface area contributed by atoms with Gasteiger partial charge in [-0.2, -0.15) is 0 Å². The Balaban J connectivity index is 4.48. The average molecular weight is 214 g/mol. The van der Waals surface area contributed by atoms with Gasteiger partial charge in [0.15, 0.2) is 0 Å². The fraction of sp³-hybridized carbons (Fsp3) is 0.600. The van der Waals surface area contributed by atoms with Gasteiger partial charge in [0.2, 0.25) is 0 Å². The second-order valence-corrected chi connectivity index (χ2v) is 3.57. The summed E-state index contributed by atoms with van der Waals surface area (Å²) in [6.45, 7) is 7.42. The average Bonchev–Trinajstić information content (AvgIpc) is 2.11. The zero-order chi connectivity index (χ0) is 12.0. The van der Waals surface area contributed by atoms with E-state index in [1.54, 1.807) is 11.0 Å². The number of amides is 2. The lowest BCUT2D eigenvalue weighted by Crippen LogP contribution is -2.46. The van der Waals surface area contributed by atoms with E-state index in [2.05, 4.69) is 6.58 Å². The highest BCUT2D eigenvalue weighted by molar-refractivity contribution is 5.80. The Bertz CT molecular complexity index is 251. The highest BCUT2D eigenvalue weighted by Crippen LogP contribution is 2.03. The van der Waals surface area contributed by atoms with Crippen molar-refractivity contribution in [3.63, 3.8) is 0 Å². The van der Waals surface area contributed by atoms with Gasteiger partial charge in [-0.3, -0.25) is 4.79 Å². The quantitative estimate of drug-likeness (QED) is 0.695. The van der Waals surface area contributed by atoms with Crippen molar-refractivity contribution in [2.45, 2.75) is 19.9 Å². The molecule has 0 atom stereocenters. The van der Waals surface area contributed by atoms with Gasteiger partial charge in [-0.1, -0.05) is 6.08 Å². The van der Waals surface area contributed by atoms with E-state index in [0.29, 0.717) is 6.54 Å². The topological polar surface area (TPSA) is 60.9 Å². The SMILES string of the molecule is C=CCN(C(=O)N(C)CC(=O)O)C(C)C. The van der Waals surface area contributed by atoms with Crippen LogP contribution in [0.5, 0.6) is 0 Å². The van der Waals surface area contributed by atoms with Gasteiger partial charge in [-0.05, 0) is 13.8 Å². The summed E-state index contributed by atoms with van der Waals surface area (Å²) in [5, 5.41) is 8.55. The monoisotopic (exact) mass is 214 g/mol. The van der Waals surface area contributed by atoms with E-state index in [1.807, 2.05) is 13.8 Å². The van der Waals surface area contributed by atoms with Crippen molar-refractivity contribution in [1.82, 2.24) is 9.80 Å². The van der Waals surface area contributed by atoms with Crippen LogP contribution in [0.4, 0.5) is 4.79 Å². The molecular formula is C10H18N2O3. The summed E-state index contributed by atoms with van der Waals surface area (Å²) >= 11 is 0. The third-order valence-corrected chi connectivity index (χ3v) is 1.89. The molecular weight excluding hydrogens is 196 g/mol. The minimum absolute atomic E-state index is 0.0201. The summed E-state index contributed by atoms with van der Waals surface area (Å²) in [7, 11) is 1.47. The Morgan fingerprint density at radius 2 is 2.00 bits per heavy atom. The second kappa shape index (κ2) is 6.06. The van der Waals surface area contributed by atoms with Crippen LogP contribution in [0.3, 0.4) is 0 Å². The van der Waals surface area contributed by atoms with Gasteiger partial charge in [0.05, 0.1) is 0 Å². The largest absolute Gasteiger partial charge is 0.480 e. The van der Waals surface area contributed by atoms with E-state index in [9.17, 15) is 9.59 Å². The molecule has 0 aliphatic heterocycles. The first kappa shape index (κ1) is 13.5. The van der Waals surface area contributed by atoms with Crippen molar-refractivity contribution in [3.8, 4) is 0 Å². The van der Waals surface area contributed by atoms with E-state index in [-0.39, 0.29) is 18.6 Å². The number of urea groups is 1. The minimum atomic E-state index is -1.02. The van der Waals surface area contributed by atoms with Crippen LogP contribution in [-0.2, 0) is 4.79 Å². The molecule has 0 aromatic carbocycles. The van der Waals surface area contributed by atoms with E-state index < -0.39 is 5.97 Å². The standard InChI is InChI=1S/C10H18N2O3/c1-5-6-12(8(2)3)10(15)11(4)7-9(13)14/h5,8H,1,6-7H2,2-4H3,(H,13,14). The Morgan fingerprint density at radius 3 is 2.33 bits per heavy atom. The Morgan fingerprint density at radius 1 is 1.47 bits per heavy atom. The summed E-state index contributed by atoms with van der Waals surface area (Å²) in [4.78, 5) is 24.9. The van der Waals surface area contributed by atoms with Crippen LogP contribution in [-0.4, -0.2) is 53.1 Å². The number of carbonyl (C=O) groups excluding carboxylic acids is 1. The van der Waals surface area contributed by atoms with E-state index in [0.717, 1.165) is 0 Å². The van der Waals surface area contributed by atoms with Crippen LogP contribution in [0, 0.1) is 0 Å². The van der Waals surface area contributed by atoms with E-state index >= 15 is 0 Å². The molecule has 0 radical (unpaired) electrons. The molecule has 0 fully saturated rings. The van der Waals surface area contributed by atoms with Gasteiger partial charge in [0.25, 0.3) is 0 Å². The van der Waals surface area contributed by atoms with Crippen molar-refractivity contribution in [1.29, 1.82) is 0 Å². The van der Waals surface area contributed by atoms with Crippen LogP contribution in [0.15, 0.2) is 12.7 Å². The summed E-state index contributed by atoms with van der Waals surface area (Å²) in [5.41, 5.74) is 0. The van der Waals surface area contributed by atoms with Crippen LogP contribution >= 0.6 is 0 Å². The number of carbonyl (C=O) groups is 2. The number of carboxylic acids is 1. The molecule has 0 aliphatic carbocycles. The van der Waals surface area contributed by atoms with Gasteiger partial charge in [-0.25, -0.2) is 4.79 Å². The summed E-state index contributed by atoms with van der Waals surface area (Å²) in [6.07, 6.45) is 1.62. The van der Waals surface area contributed by atoms with E-state index in [1.165, 1.54) is 11.9 Å². The van der Waals surface area contributed by atoms with Crippen LogP contribution in [0.1, 0.15) is 13.8 Å². The van der Waals surface area contributed by atoms with Crippen LogP contribution in [0.25, 0.3) is 0 Å². The molecule has 0 rings (SSSR count). The Labute approximate surface area is 90.0 Å². The lowest BCUT2D eigenvalue weighted by Gasteiger charge is -2.29. The van der Waals surface area contributed by atoms with Gasteiger partial charge >= 0.3 is 12.0 Å². The fourth-order valence-electron chi connectivity index (χ4n) is 1.14. The maximum atomic E-state index is 11.8. The first-order valence-corrected chi connectivity index (χ1v) is 4.74. The molecule has 0 heterocycles. The summed E-state index contributed by atoms with van der Waals surface area (Å²) in [6, 6.07) is -0.279. The molecule has 0 aromatic heterocycles. The number of likely N-dealkylation sites (N-methyl/N-ethyl adjacent to an activating group) is 1. The van der Waals surface area contributed by atoms with Gasteiger partial charge in [0, 0.05) is 19.6 Å². The van der Waals surface area contributed by atoms with Crippen molar-refractivity contribution in [2.24, 2.45) is 0 Å². The molecule has 0 unspecified atom stereocenters. The Hall–Kier alpha value is -1.52. The minimum Gasteiger partial charge on any atom is -0.480 e. The number of hydrogen-bond acceptors (Lipinski definition) is 2. The molecule has 0 aliphatic rings. The first-order chi connectivity index (χ1) is 6.90. The first-order valence-electron chi connectivity index (χ1n) is 4.74. The Kier molecular flexibility index (Phi) is 5.44. The third-order valence-electron chi connectivity index (χ3n) is 1.89. The molecule has 15 heavy (non-hydrogen) atoms.